The normalized spacial score (nSPS) is 10.2. The minimum atomic E-state index is -0.812. The van der Waals surface area contributed by atoms with Gasteiger partial charge in [0.15, 0.2) is 0 Å². The van der Waals surface area contributed by atoms with Crippen molar-refractivity contribution in [1.29, 1.82) is 0 Å². The summed E-state index contributed by atoms with van der Waals surface area (Å²) in [4.78, 5) is 23.6. The molecule has 0 aliphatic heterocycles. The fourth-order valence-electron chi connectivity index (χ4n) is 1.44. The fourth-order valence-corrected chi connectivity index (χ4v) is 1.93. The third kappa shape index (κ3) is 3.51. The van der Waals surface area contributed by atoms with Crippen LogP contribution in [0.1, 0.15) is 20.7 Å². The van der Waals surface area contributed by atoms with Crippen molar-refractivity contribution in [1.82, 2.24) is 0 Å². The Hall–Kier alpha value is -1.55. The highest BCUT2D eigenvalue weighted by molar-refractivity contribution is 6.42. The van der Waals surface area contributed by atoms with Crippen LogP contribution in [0.15, 0.2) is 42.5 Å². The fraction of sp³-hybridized carbons (Fsp3) is 0. The van der Waals surface area contributed by atoms with Crippen LogP contribution in [0, 0.1) is 0 Å². The Morgan fingerprint density at radius 3 is 2.05 bits per heavy atom. The van der Waals surface area contributed by atoms with Gasteiger partial charge in [-0.05, 0) is 36.4 Å². The molecule has 6 heteroatoms. The Labute approximate surface area is 130 Å². The Balaban J connectivity index is 2.15. The van der Waals surface area contributed by atoms with Crippen molar-refractivity contribution in [2.75, 3.05) is 0 Å². The largest absolute Gasteiger partial charge is 0.386 e. The van der Waals surface area contributed by atoms with E-state index in [-0.39, 0.29) is 16.1 Å². The second kappa shape index (κ2) is 6.27. The summed E-state index contributed by atoms with van der Waals surface area (Å²) in [5.74, 6) is -1.60. The molecular weight excluding hydrogens is 323 g/mol. The van der Waals surface area contributed by atoms with Crippen molar-refractivity contribution in [3.63, 3.8) is 0 Å². The van der Waals surface area contributed by atoms with Gasteiger partial charge in [-0.3, -0.25) is 0 Å². The molecule has 102 valence electrons. The van der Waals surface area contributed by atoms with Crippen LogP contribution in [0.3, 0.4) is 0 Å². The number of rotatable bonds is 2. The number of hydrogen-bond acceptors (Lipinski definition) is 3. The molecule has 0 heterocycles. The van der Waals surface area contributed by atoms with Gasteiger partial charge < -0.3 is 4.74 Å². The van der Waals surface area contributed by atoms with Gasteiger partial charge in [0.05, 0.1) is 21.2 Å². The van der Waals surface area contributed by atoms with E-state index >= 15 is 0 Å². The molecule has 0 aromatic heterocycles. The Morgan fingerprint density at radius 2 is 1.45 bits per heavy atom. The number of carbonyl (C=O) groups is 2. The summed E-state index contributed by atoms with van der Waals surface area (Å²) in [6, 6.07) is 10.3. The zero-order chi connectivity index (χ0) is 14.7. The summed E-state index contributed by atoms with van der Waals surface area (Å²) in [6.07, 6.45) is 0. The lowest BCUT2D eigenvalue weighted by molar-refractivity contribution is 0.0398. The minimum absolute atomic E-state index is 0.134. The van der Waals surface area contributed by atoms with E-state index < -0.39 is 11.9 Å². The molecule has 0 N–H and O–H groups in total. The second-order valence-electron chi connectivity index (χ2n) is 3.82. The van der Waals surface area contributed by atoms with Crippen molar-refractivity contribution >= 4 is 46.7 Å². The lowest BCUT2D eigenvalue weighted by atomic mass is 10.2. The second-order valence-corrected chi connectivity index (χ2v) is 5.07. The standard InChI is InChI=1S/C14H7Cl3O3/c15-10-3-1-2-8(6-10)13(18)20-14(19)9-4-5-11(16)12(17)7-9/h1-7H. The SMILES string of the molecule is O=C(OC(=O)c1ccc(Cl)c(Cl)c1)c1cccc(Cl)c1. The van der Waals surface area contributed by atoms with Gasteiger partial charge in [-0.1, -0.05) is 40.9 Å². The highest BCUT2D eigenvalue weighted by atomic mass is 35.5. The number of esters is 2. The van der Waals surface area contributed by atoms with Crippen LogP contribution in [-0.4, -0.2) is 11.9 Å². The molecular formula is C14H7Cl3O3. The Kier molecular flexibility index (Phi) is 4.65. The predicted molar refractivity (Wildman–Crippen MR) is 77.7 cm³/mol. The van der Waals surface area contributed by atoms with Crippen LogP contribution in [-0.2, 0) is 4.74 Å². The van der Waals surface area contributed by atoms with Crippen LogP contribution >= 0.6 is 34.8 Å². The third-order valence-electron chi connectivity index (χ3n) is 2.40. The average Bonchev–Trinajstić information content (AvgIpc) is 2.41. The summed E-state index contributed by atoms with van der Waals surface area (Å²) in [7, 11) is 0. The molecule has 0 aliphatic rings. The molecule has 0 fully saturated rings. The summed E-state index contributed by atoms with van der Waals surface area (Å²) in [5, 5.41) is 0.891. The molecule has 0 radical (unpaired) electrons. The van der Waals surface area contributed by atoms with Gasteiger partial charge in [0.25, 0.3) is 0 Å². The zero-order valence-electron chi connectivity index (χ0n) is 9.90. The number of halogens is 3. The Bertz CT molecular complexity index is 683. The highest BCUT2D eigenvalue weighted by Gasteiger charge is 2.16. The van der Waals surface area contributed by atoms with Gasteiger partial charge in [0, 0.05) is 5.02 Å². The molecule has 2 aromatic carbocycles. The number of ether oxygens (including phenoxy) is 1. The summed E-state index contributed by atoms with van der Waals surface area (Å²) >= 11 is 17.3. The van der Waals surface area contributed by atoms with Crippen LogP contribution < -0.4 is 0 Å². The van der Waals surface area contributed by atoms with E-state index in [9.17, 15) is 9.59 Å². The number of carbonyl (C=O) groups excluding carboxylic acids is 2. The van der Waals surface area contributed by atoms with Crippen LogP contribution in [0.4, 0.5) is 0 Å². The average molecular weight is 330 g/mol. The van der Waals surface area contributed by atoms with Crippen molar-refractivity contribution in [2.45, 2.75) is 0 Å². The van der Waals surface area contributed by atoms with Crippen LogP contribution in [0.25, 0.3) is 0 Å². The van der Waals surface area contributed by atoms with Gasteiger partial charge >= 0.3 is 11.9 Å². The van der Waals surface area contributed by atoms with E-state index in [0.29, 0.717) is 10.0 Å². The summed E-state index contributed by atoms with van der Waals surface area (Å²) < 4.78 is 4.73. The third-order valence-corrected chi connectivity index (χ3v) is 3.38. The van der Waals surface area contributed by atoms with Gasteiger partial charge in [0.2, 0.25) is 0 Å². The molecule has 0 aliphatic carbocycles. The predicted octanol–water partition coefficient (Wildman–Crippen LogP) is 4.64. The van der Waals surface area contributed by atoms with Crippen LogP contribution in [0.5, 0.6) is 0 Å². The quantitative estimate of drug-likeness (QED) is 0.595. The van der Waals surface area contributed by atoms with E-state index in [4.69, 9.17) is 39.5 Å². The summed E-state index contributed by atoms with van der Waals surface area (Å²) in [5.41, 5.74) is 0.320. The van der Waals surface area contributed by atoms with Gasteiger partial charge in [0.1, 0.15) is 0 Å². The topological polar surface area (TPSA) is 43.4 Å². The molecule has 2 aromatic rings. The van der Waals surface area contributed by atoms with E-state index in [1.165, 1.54) is 30.3 Å². The molecule has 0 bridgehead atoms. The van der Waals surface area contributed by atoms with Crippen molar-refractivity contribution in [2.24, 2.45) is 0 Å². The first-order chi connectivity index (χ1) is 9.47. The molecule has 0 atom stereocenters. The Morgan fingerprint density at radius 1 is 0.800 bits per heavy atom. The van der Waals surface area contributed by atoms with Crippen molar-refractivity contribution in [3.8, 4) is 0 Å². The lowest BCUT2D eigenvalue weighted by Crippen LogP contribution is -2.12. The lowest BCUT2D eigenvalue weighted by Gasteiger charge is -2.04. The first-order valence-electron chi connectivity index (χ1n) is 5.44. The molecule has 0 saturated carbocycles. The number of hydrogen-bond donors (Lipinski definition) is 0. The van der Waals surface area contributed by atoms with Gasteiger partial charge in [-0.15, -0.1) is 0 Å². The van der Waals surface area contributed by atoms with Crippen molar-refractivity contribution in [3.05, 3.63) is 68.7 Å². The first kappa shape index (κ1) is 14.9. The smallest absolute Gasteiger partial charge is 0.346 e. The molecule has 0 unspecified atom stereocenters. The molecule has 20 heavy (non-hydrogen) atoms. The van der Waals surface area contributed by atoms with Gasteiger partial charge in [-0.2, -0.15) is 0 Å². The summed E-state index contributed by atoms with van der Waals surface area (Å²) in [6.45, 7) is 0. The van der Waals surface area contributed by atoms with E-state index in [2.05, 4.69) is 0 Å². The number of benzene rings is 2. The molecule has 0 spiro atoms. The molecule has 3 nitrogen and oxygen atoms in total. The maximum Gasteiger partial charge on any atom is 0.346 e. The monoisotopic (exact) mass is 328 g/mol. The van der Waals surface area contributed by atoms with Crippen molar-refractivity contribution < 1.29 is 14.3 Å². The van der Waals surface area contributed by atoms with E-state index in [1.807, 2.05) is 0 Å². The molecule has 2 rings (SSSR count). The zero-order valence-corrected chi connectivity index (χ0v) is 12.2. The maximum atomic E-state index is 11.8. The van der Waals surface area contributed by atoms with E-state index in [1.54, 1.807) is 12.1 Å². The molecule has 0 saturated heterocycles. The first-order valence-corrected chi connectivity index (χ1v) is 6.58. The minimum Gasteiger partial charge on any atom is -0.386 e. The molecule has 0 amide bonds. The van der Waals surface area contributed by atoms with Gasteiger partial charge in [-0.25, -0.2) is 9.59 Å². The maximum absolute atomic E-state index is 11.8. The van der Waals surface area contributed by atoms with Crippen LogP contribution in [0.2, 0.25) is 15.1 Å². The highest BCUT2D eigenvalue weighted by Crippen LogP contribution is 2.23. The van der Waals surface area contributed by atoms with E-state index in [0.717, 1.165) is 0 Å².